The number of aliphatic hydroxyl groups excluding tert-OH is 1. The Balaban J connectivity index is 1.07. The predicted molar refractivity (Wildman–Crippen MR) is 160 cm³/mol. The second-order valence-electron chi connectivity index (χ2n) is 10.7. The van der Waals surface area contributed by atoms with Gasteiger partial charge in [-0.25, -0.2) is 0 Å². The highest BCUT2D eigenvalue weighted by molar-refractivity contribution is 7.09. The van der Waals surface area contributed by atoms with E-state index in [9.17, 15) is 0 Å². The zero-order valence-electron chi connectivity index (χ0n) is 23.3. The molecule has 0 radical (unpaired) electrons. The molecule has 11 heteroatoms. The van der Waals surface area contributed by atoms with E-state index in [0.29, 0.717) is 30.9 Å². The van der Waals surface area contributed by atoms with Crippen molar-refractivity contribution in [1.29, 1.82) is 0 Å². The summed E-state index contributed by atoms with van der Waals surface area (Å²) in [6.45, 7) is 10.9. The van der Waals surface area contributed by atoms with E-state index in [1.54, 1.807) is 0 Å². The standard InChI is InChI=1S/C28H48N8O2S/c29-26-19-27(36-12-10-35(11-13-36)14-16-38-17-15-37)34-28(33-26)32-21-24-6-4-23(5-7-24)20-30-8-2-9-31-22-25-3-1-18-39-25/h1,3,18-19,23-24,30-31,37H,2,4-17,20-22H2,(H3,29,32,33,34)/t23-,24-. The minimum Gasteiger partial charge on any atom is -0.394 e. The fourth-order valence-electron chi connectivity index (χ4n) is 5.40. The molecule has 10 nitrogen and oxygen atoms in total. The van der Waals surface area contributed by atoms with E-state index in [1.165, 1.54) is 37.0 Å². The SMILES string of the molecule is Nc1cc(N2CCN(CCOCCO)CC2)nc(NC[C@H]2CC[C@H](CNCCCNCc3cccs3)CC2)n1. The van der Waals surface area contributed by atoms with Crippen LogP contribution in [0.15, 0.2) is 23.6 Å². The minimum atomic E-state index is 0.0770. The zero-order valence-corrected chi connectivity index (χ0v) is 24.1. The molecule has 2 fully saturated rings. The monoisotopic (exact) mass is 560 g/mol. The highest BCUT2D eigenvalue weighted by atomic mass is 32.1. The number of aliphatic hydroxyl groups is 1. The van der Waals surface area contributed by atoms with E-state index < -0.39 is 0 Å². The third-order valence-electron chi connectivity index (χ3n) is 7.75. The van der Waals surface area contributed by atoms with Gasteiger partial charge in [-0.1, -0.05) is 6.07 Å². The predicted octanol–water partition coefficient (Wildman–Crippen LogP) is 2.24. The first-order chi connectivity index (χ1) is 19.2. The lowest BCUT2D eigenvalue weighted by Crippen LogP contribution is -2.47. The molecule has 1 aliphatic heterocycles. The smallest absolute Gasteiger partial charge is 0.226 e. The first-order valence-electron chi connectivity index (χ1n) is 14.7. The Hall–Kier alpha value is -2.02. The number of rotatable bonds is 17. The summed E-state index contributed by atoms with van der Waals surface area (Å²) >= 11 is 1.82. The minimum absolute atomic E-state index is 0.0770. The normalized spacial score (nSPS) is 20.4. The van der Waals surface area contributed by atoms with Crippen LogP contribution in [0.4, 0.5) is 17.6 Å². The molecule has 2 aromatic heterocycles. The molecular formula is C28H48N8O2S. The molecule has 2 aromatic rings. The number of nitrogens with two attached hydrogens (primary N) is 1. The van der Waals surface area contributed by atoms with Crippen LogP contribution in [-0.4, -0.2) is 98.7 Å². The van der Waals surface area contributed by atoms with Crippen molar-refractivity contribution in [2.24, 2.45) is 11.8 Å². The number of ether oxygens (including phenoxy) is 1. The molecule has 1 saturated heterocycles. The van der Waals surface area contributed by atoms with E-state index in [2.05, 4.69) is 48.2 Å². The Morgan fingerprint density at radius 2 is 1.77 bits per heavy atom. The maximum Gasteiger partial charge on any atom is 0.226 e. The lowest BCUT2D eigenvalue weighted by Gasteiger charge is -2.35. The van der Waals surface area contributed by atoms with Gasteiger partial charge in [-0.05, 0) is 75.0 Å². The molecule has 0 atom stereocenters. The average Bonchev–Trinajstić information content (AvgIpc) is 3.48. The molecule has 0 spiro atoms. The molecule has 2 aliphatic rings. The van der Waals surface area contributed by atoms with Crippen LogP contribution in [0.1, 0.15) is 37.0 Å². The summed E-state index contributed by atoms with van der Waals surface area (Å²) in [5, 5.41) is 21.6. The molecule has 0 aromatic carbocycles. The van der Waals surface area contributed by atoms with E-state index in [-0.39, 0.29) is 6.61 Å². The van der Waals surface area contributed by atoms with Gasteiger partial charge in [-0.3, -0.25) is 4.90 Å². The van der Waals surface area contributed by atoms with Gasteiger partial charge in [0.25, 0.3) is 0 Å². The van der Waals surface area contributed by atoms with Crippen LogP contribution in [0.2, 0.25) is 0 Å². The van der Waals surface area contributed by atoms with Gasteiger partial charge in [-0.2, -0.15) is 9.97 Å². The fourth-order valence-corrected chi connectivity index (χ4v) is 6.07. The number of piperazine rings is 1. The van der Waals surface area contributed by atoms with Crippen LogP contribution in [-0.2, 0) is 11.3 Å². The maximum absolute atomic E-state index is 8.83. The van der Waals surface area contributed by atoms with Crippen LogP contribution in [0.5, 0.6) is 0 Å². The molecule has 0 amide bonds. The van der Waals surface area contributed by atoms with Crippen molar-refractivity contribution in [2.75, 3.05) is 94.7 Å². The number of hydrogen-bond acceptors (Lipinski definition) is 11. The summed E-state index contributed by atoms with van der Waals surface area (Å²) in [5.74, 6) is 3.50. The Morgan fingerprint density at radius 3 is 2.51 bits per heavy atom. The molecule has 6 N–H and O–H groups in total. The zero-order chi connectivity index (χ0) is 27.1. The van der Waals surface area contributed by atoms with E-state index in [4.69, 9.17) is 20.6 Å². The van der Waals surface area contributed by atoms with Crippen molar-refractivity contribution in [3.63, 3.8) is 0 Å². The van der Waals surface area contributed by atoms with Gasteiger partial charge in [0.1, 0.15) is 11.6 Å². The molecular weight excluding hydrogens is 512 g/mol. The summed E-state index contributed by atoms with van der Waals surface area (Å²) in [5.41, 5.74) is 6.15. The van der Waals surface area contributed by atoms with Gasteiger partial charge < -0.3 is 36.4 Å². The number of aromatic nitrogens is 2. The Kier molecular flexibility index (Phi) is 13.0. The molecule has 0 bridgehead atoms. The van der Waals surface area contributed by atoms with Crippen molar-refractivity contribution in [2.45, 2.75) is 38.6 Å². The first kappa shape index (κ1) is 30.0. The van der Waals surface area contributed by atoms with Crippen LogP contribution in [0, 0.1) is 11.8 Å². The van der Waals surface area contributed by atoms with Crippen molar-refractivity contribution >= 4 is 28.9 Å². The largest absolute Gasteiger partial charge is 0.394 e. The summed E-state index contributed by atoms with van der Waals surface area (Å²) in [6, 6.07) is 6.18. The van der Waals surface area contributed by atoms with Gasteiger partial charge in [0.15, 0.2) is 0 Å². The molecule has 3 heterocycles. The highest BCUT2D eigenvalue weighted by Crippen LogP contribution is 2.28. The number of nitrogen functional groups attached to an aromatic ring is 1. The van der Waals surface area contributed by atoms with Crippen LogP contribution in [0.3, 0.4) is 0 Å². The van der Waals surface area contributed by atoms with Crippen LogP contribution >= 0.6 is 11.3 Å². The second-order valence-corrected chi connectivity index (χ2v) is 11.8. The second kappa shape index (κ2) is 16.9. The molecule has 1 aliphatic carbocycles. The van der Waals surface area contributed by atoms with Gasteiger partial charge in [0.05, 0.1) is 19.8 Å². The van der Waals surface area contributed by atoms with Crippen LogP contribution in [0.25, 0.3) is 0 Å². The van der Waals surface area contributed by atoms with Crippen molar-refractivity contribution in [3.05, 3.63) is 28.5 Å². The molecule has 39 heavy (non-hydrogen) atoms. The average molecular weight is 561 g/mol. The first-order valence-corrected chi connectivity index (χ1v) is 15.6. The van der Waals surface area contributed by atoms with Gasteiger partial charge in [0.2, 0.25) is 5.95 Å². The van der Waals surface area contributed by atoms with E-state index in [1.807, 2.05) is 17.4 Å². The number of nitrogens with one attached hydrogen (secondary N) is 3. The summed E-state index contributed by atoms with van der Waals surface area (Å²) in [4.78, 5) is 15.3. The summed E-state index contributed by atoms with van der Waals surface area (Å²) < 4.78 is 5.40. The molecule has 0 unspecified atom stereocenters. The Bertz CT molecular complexity index is 918. The molecule has 218 valence electrons. The molecule has 1 saturated carbocycles. The highest BCUT2D eigenvalue weighted by Gasteiger charge is 2.22. The van der Waals surface area contributed by atoms with Crippen molar-refractivity contribution in [3.8, 4) is 0 Å². The van der Waals surface area contributed by atoms with E-state index >= 15 is 0 Å². The van der Waals surface area contributed by atoms with Gasteiger partial charge in [0, 0.05) is 56.8 Å². The Labute approximate surface area is 237 Å². The number of nitrogens with zero attached hydrogens (tertiary/aromatic N) is 4. The number of hydrogen-bond donors (Lipinski definition) is 5. The molecule has 4 rings (SSSR count). The Morgan fingerprint density at radius 1 is 1.00 bits per heavy atom. The van der Waals surface area contributed by atoms with E-state index in [0.717, 1.165) is 77.2 Å². The van der Waals surface area contributed by atoms with Gasteiger partial charge >= 0.3 is 0 Å². The summed E-state index contributed by atoms with van der Waals surface area (Å²) in [6.07, 6.45) is 6.24. The number of thiophene rings is 1. The van der Waals surface area contributed by atoms with Crippen molar-refractivity contribution in [1.82, 2.24) is 25.5 Å². The quantitative estimate of drug-likeness (QED) is 0.184. The third kappa shape index (κ3) is 10.8. The number of anilines is 3. The lowest BCUT2D eigenvalue weighted by atomic mass is 9.82. The fraction of sp³-hybridized carbons (Fsp3) is 0.714. The topological polar surface area (TPSA) is 124 Å². The van der Waals surface area contributed by atoms with Gasteiger partial charge in [-0.15, -0.1) is 11.3 Å². The van der Waals surface area contributed by atoms with Crippen LogP contribution < -0.4 is 26.6 Å². The lowest BCUT2D eigenvalue weighted by molar-refractivity contribution is 0.0724. The van der Waals surface area contributed by atoms with Crippen molar-refractivity contribution < 1.29 is 9.84 Å². The third-order valence-corrected chi connectivity index (χ3v) is 8.63. The maximum atomic E-state index is 8.83. The summed E-state index contributed by atoms with van der Waals surface area (Å²) in [7, 11) is 0.